The van der Waals surface area contributed by atoms with E-state index in [1.165, 1.54) is 6.07 Å². The molecule has 2 aromatic carbocycles. The van der Waals surface area contributed by atoms with Gasteiger partial charge in [-0.25, -0.2) is 19.2 Å². The molecule has 0 N–H and O–H groups in total. The van der Waals surface area contributed by atoms with Crippen LogP contribution < -0.4 is 0 Å². The van der Waals surface area contributed by atoms with Gasteiger partial charge in [-0.1, -0.05) is 18.2 Å². The van der Waals surface area contributed by atoms with Crippen LogP contribution in [-0.4, -0.2) is 15.9 Å². The molecule has 116 valence electrons. The summed E-state index contributed by atoms with van der Waals surface area (Å²) in [5.74, 6) is -0.911. The standard InChI is InChI=1S/C18H15FN2O2/c1-11-12(2)21-17-9-13(7-8-16(17)20-11)18(22)23-10-14-5-3-4-6-15(14)19/h3-9H,10H2,1-2H3. The molecule has 0 aliphatic heterocycles. The highest BCUT2D eigenvalue weighted by atomic mass is 19.1. The largest absolute Gasteiger partial charge is 0.457 e. The van der Waals surface area contributed by atoms with Gasteiger partial charge in [0.2, 0.25) is 0 Å². The van der Waals surface area contributed by atoms with Gasteiger partial charge in [0.05, 0.1) is 28.0 Å². The lowest BCUT2D eigenvalue weighted by Crippen LogP contribution is -2.06. The molecular formula is C18H15FN2O2. The summed E-state index contributed by atoms with van der Waals surface area (Å²) in [5, 5.41) is 0. The Morgan fingerprint density at radius 2 is 1.74 bits per heavy atom. The molecule has 0 unspecified atom stereocenters. The summed E-state index contributed by atoms with van der Waals surface area (Å²) < 4.78 is 18.7. The van der Waals surface area contributed by atoms with E-state index in [0.29, 0.717) is 16.6 Å². The van der Waals surface area contributed by atoms with Crippen molar-refractivity contribution in [2.24, 2.45) is 0 Å². The molecule has 3 aromatic rings. The number of halogens is 1. The normalized spacial score (nSPS) is 10.7. The fourth-order valence-corrected chi connectivity index (χ4v) is 2.20. The first-order valence-electron chi connectivity index (χ1n) is 7.20. The second-order valence-corrected chi connectivity index (χ2v) is 5.27. The minimum Gasteiger partial charge on any atom is -0.457 e. The monoisotopic (exact) mass is 310 g/mol. The Morgan fingerprint density at radius 1 is 1.04 bits per heavy atom. The Labute approximate surface area is 133 Å². The Morgan fingerprint density at radius 3 is 2.48 bits per heavy atom. The molecule has 0 spiro atoms. The maximum absolute atomic E-state index is 13.5. The number of aryl methyl sites for hydroxylation is 2. The van der Waals surface area contributed by atoms with Crippen LogP contribution >= 0.6 is 0 Å². The van der Waals surface area contributed by atoms with Gasteiger partial charge in [-0.3, -0.25) is 0 Å². The van der Waals surface area contributed by atoms with Gasteiger partial charge in [0.25, 0.3) is 0 Å². The van der Waals surface area contributed by atoms with Crippen molar-refractivity contribution in [3.8, 4) is 0 Å². The fourth-order valence-electron chi connectivity index (χ4n) is 2.20. The number of benzene rings is 2. The molecule has 1 heterocycles. The third-order valence-corrected chi connectivity index (χ3v) is 3.63. The third-order valence-electron chi connectivity index (χ3n) is 3.63. The second kappa shape index (κ2) is 6.12. The van der Waals surface area contributed by atoms with Gasteiger partial charge < -0.3 is 4.74 Å². The van der Waals surface area contributed by atoms with E-state index in [1.807, 2.05) is 13.8 Å². The minimum atomic E-state index is -0.518. The summed E-state index contributed by atoms with van der Waals surface area (Å²) in [7, 11) is 0. The summed E-state index contributed by atoms with van der Waals surface area (Å²) in [6.45, 7) is 3.64. The highest BCUT2D eigenvalue weighted by Gasteiger charge is 2.11. The average Bonchev–Trinajstić information content (AvgIpc) is 2.54. The first kappa shape index (κ1) is 15.1. The molecule has 0 aliphatic carbocycles. The second-order valence-electron chi connectivity index (χ2n) is 5.27. The third kappa shape index (κ3) is 3.18. The highest BCUT2D eigenvalue weighted by Crippen LogP contribution is 2.16. The highest BCUT2D eigenvalue weighted by molar-refractivity contribution is 5.93. The lowest BCUT2D eigenvalue weighted by Gasteiger charge is -2.07. The Hall–Kier alpha value is -2.82. The molecule has 0 saturated carbocycles. The van der Waals surface area contributed by atoms with Crippen molar-refractivity contribution < 1.29 is 13.9 Å². The fraction of sp³-hybridized carbons (Fsp3) is 0.167. The molecule has 0 atom stereocenters. The zero-order valence-corrected chi connectivity index (χ0v) is 12.8. The molecular weight excluding hydrogens is 295 g/mol. The lowest BCUT2D eigenvalue weighted by molar-refractivity contribution is 0.0469. The van der Waals surface area contributed by atoms with E-state index in [4.69, 9.17) is 4.74 Å². The van der Waals surface area contributed by atoms with Gasteiger partial charge in [0.1, 0.15) is 12.4 Å². The van der Waals surface area contributed by atoms with Crippen molar-refractivity contribution in [3.63, 3.8) is 0 Å². The molecule has 0 radical (unpaired) electrons. The maximum atomic E-state index is 13.5. The van der Waals surface area contributed by atoms with Gasteiger partial charge in [-0.2, -0.15) is 0 Å². The minimum absolute atomic E-state index is 0.109. The SMILES string of the molecule is Cc1nc2ccc(C(=O)OCc3ccccc3F)cc2nc1C. The zero-order valence-electron chi connectivity index (χ0n) is 12.8. The van der Waals surface area contributed by atoms with E-state index < -0.39 is 11.8 Å². The number of hydrogen-bond acceptors (Lipinski definition) is 4. The predicted octanol–water partition coefficient (Wildman–Crippen LogP) is 3.74. The number of aromatic nitrogens is 2. The van der Waals surface area contributed by atoms with Crippen molar-refractivity contribution in [3.05, 3.63) is 70.8 Å². The maximum Gasteiger partial charge on any atom is 0.338 e. The van der Waals surface area contributed by atoms with Gasteiger partial charge in [-0.05, 0) is 38.1 Å². The molecule has 1 aromatic heterocycles. The van der Waals surface area contributed by atoms with Crippen LogP contribution in [0.5, 0.6) is 0 Å². The van der Waals surface area contributed by atoms with Crippen molar-refractivity contribution in [2.45, 2.75) is 20.5 Å². The van der Waals surface area contributed by atoms with E-state index in [2.05, 4.69) is 9.97 Å². The van der Waals surface area contributed by atoms with Crippen molar-refractivity contribution in [2.75, 3.05) is 0 Å². The quantitative estimate of drug-likeness (QED) is 0.691. The summed E-state index contributed by atoms with van der Waals surface area (Å²) in [4.78, 5) is 21.0. The Balaban J connectivity index is 1.81. The van der Waals surface area contributed by atoms with Crippen LogP contribution in [0, 0.1) is 19.7 Å². The molecule has 4 nitrogen and oxygen atoms in total. The lowest BCUT2D eigenvalue weighted by atomic mass is 10.2. The Kier molecular flexibility index (Phi) is 4.02. The molecule has 5 heteroatoms. The average molecular weight is 310 g/mol. The zero-order chi connectivity index (χ0) is 16.4. The van der Waals surface area contributed by atoms with Gasteiger partial charge in [0.15, 0.2) is 0 Å². The Bertz CT molecular complexity index is 893. The molecule has 0 amide bonds. The van der Waals surface area contributed by atoms with E-state index in [9.17, 15) is 9.18 Å². The molecule has 23 heavy (non-hydrogen) atoms. The number of carbonyl (C=O) groups excluding carboxylic acids is 1. The smallest absolute Gasteiger partial charge is 0.338 e. The predicted molar refractivity (Wildman–Crippen MR) is 84.5 cm³/mol. The molecule has 0 bridgehead atoms. The number of fused-ring (bicyclic) bond motifs is 1. The van der Waals surface area contributed by atoms with Gasteiger partial charge >= 0.3 is 5.97 Å². The number of rotatable bonds is 3. The van der Waals surface area contributed by atoms with Crippen molar-refractivity contribution in [1.29, 1.82) is 0 Å². The van der Waals surface area contributed by atoms with Gasteiger partial charge in [0, 0.05) is 5.56 Å². The van der Waals surface area contributed by atoms with E-state index in [-0.39, 0.29) is 6.61 Å². The van der Waals surface area contributed by atoms with Crippen LogP contribution in [-0.2, 0) is 11.3 Å². The van der Waals surface area contributed by atoms with Gasteiger partial charge in [-0.15, -0.1) is 0 Å². The van der Waals surface area contributed by atoms with Crippen molar-refractivity contribution >= 4 is 17.0 Å². The number of hydrogen-bond donors (Lipinski definition) is 0. The van der Waals surface area contributed by atoms with Crippen LogP contribution in [0.1, 0.15) is 27.3 Å². The molecule has 3 rings (SSSR count). The summed E-state index contributed by atoms with van der Waals surface area (Å²) in [6.07, 6.45) is 0. The summed E-state index contributed by atoms with van der Waals surface area (Å²) in [5.41, 5.74) is 3.73. The van der Waals surface area contributed by atoms with Crippen LogP contribution in [0.15, 0.2) is 42.5 Å². The molecule has 0 saturated heterocycles. The first-order chi connectivity index (χ1) is 11.0. The topological polar surface area (TPSA) is 52.1 Å². The summed E-state index contributed by atoms with van der Waals surface area (Å²) >= 11 is 0. The molecule has 0 aliphatic rings. The van der Waals surface area contributed by atoms with Crippen LogP contribution in [0.4, 0.5) is 4.39 Å². The van der Waals surface area contributed by atoms with E-state index >= 15 is 0 Å². The number of nitrogens with zero attached hydrogens (tertiary/aromatic N) is 2. The number of carbonyl (C=O) groups is 1. The number of ether oxygens (including phenoxy) is 1. The molecule has 0 fully saturated rings. The van der Waals surface area contributed by atoms with Crippen LogP contribution in [0.25, 0.3) is 11.0 Å². The van der Waals surface area contributed by atoms with E-state index in [1.54, 1.807) is 36.4 Å². The van der Waals surface area contributed by atoms with Crippen molar-refractivity contribution in [1.82, 2.24) is 9.97 Å². The van der Waals surface area contributed by atoms with Crippen LogP contribution in [0.3, 0.4) is 0 Å². The first-order valence-corrected chi connectivity index (χ1v) is 7.20. The van der Waals surface area contributed by atoms with Crippen LogP contribution in [0.2, 0.25) is 0 Å². The summed E-state index contributed by atoms with van der Waals surface area (Å²) in [6, 6.07) is 11.2. The number of esters is 1. The van der Waals surface area contributed by atoms with E-state index in [0.717, 1.165) is 16.9 Å².